The molecule has 1 atom stereocenters. The summed E-state index contributed by atoms with van der Waals surface area (Å²) in [6, 6.07) is 2.61. The van der Waals surface area contributed by atoms with Crippen LogP contribution in [0.3, 0.4) is 0 Å². The van der Waals surface area contributed by atoms with Crippen LogP contribution in [0.25, 0.3) is 0 Å². The van der Waals surface area contributed by atoms with Crippen LogP contribution in [0.5, 0.6) is 0 Å². The van der Waals surface area contributed by atoms with Crippen molar-refractivity contribution in [2.75, 3.05) is 11.4 Å². The summed E-state index contributed by atoms with van der Waals surface area (Å²) in [5.74, 6) is -0.875. The Labute approximate surface area is 111 Å². The van der Waals surface area contributed by atoms with Crippen LogP contribution < -0.4 is 10.6 Å². The zero-order valence-electron chi connectivity index (χ0n) is 10.8. The molecule has 6 nitrogen and oxygen atoms in total. The summed E-state index contributed by atoms with van der Waals surface area (Å²) < 4.78 is 0. The molecule has 1 unspecified atom stereocenters. The number of nitrogens with two attached hydrogens (primary N) is 1. The van der Waals surface area contributed by atoms with Crippen LogP contribution in [0, 0.1) is 6.92 Å². The van der Waals surface area contributed by atoms with Crippen molar-refractivity contribution in [1.29, 1.82) is 0 Å². The first-order valence-electron chi connectivity index (χ1n) is 6.27. The van der Waals surface area contributed by atoms with Crippen LogP contribution in [-0.4, -0.2) is 34.6 Å². The number of hydrogen-bond donors (Lipinski definition) is 2. The van der Waals surface area contributed by atoms with Crippen LogP contribution in [0.1, 0.15) is 35.3 Å². The first-order chi connectivity index (χ1) is 8.99. The lowest BCUT2D eigenvalue weighted by Crippen LogP contribution is -2.48. The molecule has 1 amide bonds. The summed E-state index contributed by atoms with van der Waals surface area (Å²) in [5, 5.41) is 9.07. The lowest BCUT2D eigenvalue weighted by atomic mass is 10.0. The van der Waals surface area contributed by atoms with E-state index in [4.69, 9.17) is 10.8 Å². The number of anilines is 1. The Hall–Kier alpha value is -2.11. The molecular formula is C13H17N3O3. The maximum Gasteiger partial charge on any atom is 0.335 e. The fourth-order valence-electron chi connectivity index (χ4n) is 2.42. The van der Waals surface area contributed by atoms with Gasteiger partial charge in [-0.2, -0.15) is 0 Å². The van der Waals surface area contributed by atoms with Crippen molar-refractivity contribution in [1.82, 2.24) is 4.98 Å². The van der Waals surface area contributed by atoms with Gasteiger partial charge in [-0.05, 0) is 38.3 Å². The van der Waals surface area contributed by atoms with E-state index in [2.05, 4.69) is 4.98 Å². The molecule has 1 aromatic heterocycles. The minimum atomic E-state index is -1.00. The minimum Gasteiger partial charge on any atom is -0.478 e. The van der Waals surface area contributed by atoms with Gasteiger partial charge in [0.05, 0.1) is 5.56 Å². The average molecular weight is 263 g/mol. The maximum absolute atomic E-state index is 11.5. The van der Waals surface area contributed by atoms with Gasteiger partial charge >= 0.3 is 5.97 Å². The number of carboxylic acids is 1. The highest BCUT2D eigenvalue weighted by atomic mass is 16.4. The van der Waals surface area contributed by atoms with Gasteiger partial charge in [0.1, 0.15) is 11.9 Å². The Morgan fingerprint density at radius 3 is 2.79 bits per heavy atom. The molecule has 1 fully saturated rings. The molecule has 2 heterocycles. The number of hydrogen-bond acceptors (Lipinski definition) is 4. The molecule has 0 bridgehead atoms. The minimum absolute atomic E-state index is 0.177. The number of pyridine rings is 1. The second kappa shape index (κ2) is 5.26. The van der Waals surface area contributed by atoms with Crippen molar-refractivity contribution in [2.45, 2.75) is 32.2 Å². The predicted octanol–water partition coefficient (Wildman–Crippen LogP) is 0.932. The van der Waals surface area contributed by atoms with Crippen molar-refractivity contribution >= 4 is 17.7 Å². The van der Waals surface area contributed by atoms with Gasteiger partial charge in [0.2, 0.25) is 5.91 Å². The van der Waals surface area contributed by atoms with E-state index < -0.39 is 12.0 Å². The molecule has 0 aliphatic carbocycles. The Morgan fingerprint density at radius 1 is 1.42 bits per heavy atom. The first-order valence-corrected chi connectivity index (χ1v) is 6.27. The van der Waals surface area contributed by atoms with Gasteiger partial charge in [-0.25, -0.2) is 9.78 Å². The molecular weight excluding hydrogens is 246 g/mol. The largest absolute Gasteiger partial charge is 0.478 e. The monoisotopic (exact) mass is 263 g/mol. The summed E-state index contributed by atoms with van der Waals surface area (Å²) in [6.45, 7) is 2.41. The fraction of sp³-hybridized carbons (Fsp3) is 0.462. The molecule has 19 heavy (non-hydrogen) atoms. The van der Waals surface area contributed by atoms with Gasteiger partial charge in [0, 0.05) is 12.2 Å². The van der Waals surface area contributed by atoms with Gasteiger partial charge < -0.3 is 15.7 Å². The summed E-state index contributed by atoms with van der Waals surface area (Å²) in [4.78, 5) is 28.7. The lowest BCUT2D eigenvalue weighted by Gasteiger charge is -2.34. The highest BCUT2D eigenvalue weighted by Gasteiger charge is 2.28. The second-order valence-electron chi connectivity index (χ2n) is 4.77. The zero-order valence-corrected chi connectivity index (χ0v) is 10.8. The van der Waals surface area contributed by atoms with Crippen molar-refractivity contribution in [3.63, 3.8) is 0 Å². The number of amides is 1. The van der Waals surface area contributed by atoms with Gasteiger partial charge in [-0.3, -0.25) is 4.79 Å². The number of primary amides is 1. The van der Waals surface area contributed by atoms with E-state index in [1.807, 2.05) is 4.90 Å². The van der Waals surface area contributed by atoms with Crippen molar-refractivity contribution < 1.29 is 14.7 Å². The molecule has 3 N–H and O–H groups in total. The highest BCUT2D eigenvalue weighted by Crippen LogP contribution is 2.24. The number of aromatic nitrogens is 1. The molecule has 102 valence electrons. The van der Waals surface area contributed by atoms with E-state index in [1.165, 1.54) is 12.1 Å². The van der Waals surface area contributed by atoms with Crippen molar-refractivity contribution in [3.8, 4) is 0 Å². The number of aryl methyl sites for hydroxylation is 1. The van der Waals surface area contributed by atoms with Crippen LogP contribution in [0.15, 0.2) is 12.1 Å². The molecule has 1 saturated heterocycles. The smallest absolute Gasteiger partial charge is 0.335 e. The van der Waals surface area contributed by atoms with Gasteiger partial charge in [0.25, 0.3) is 0 Å². The van der Waals surface area contributed by atoms with Gasteiger partial charge in [-0.15, -0.1) is 0 Å². The normalized spacial score (nSPS) is 19.2. The molecule has 0 spiro atoms. The number of carboxylic acid groups (broad SMARTS) is 1. The number of rotatable bonds is 3. The van der Waals surface area contributed by atoms with Crippen LogP contribution in [0.2, 0.25) is 0 Å². The Kier molecular flexibility index (Phi) is 3.69. The first kappa shape index (κ1) is 13.3. The van der Waals surface area contributed by atoms with E-state index in [-0.39, 0.29) is 11.5 Å². The second-order valence-corrected chi connectivity index (χ2v) is 4.77. The summed E-state index contributed by atoms with van der Waals surface area (Å²) in [6.07, 6.45) is 2.58. The van der Waals surface area contributed by atoms with Gasteiger partial charge in [-0.1, -0.05) is 0 Å². The van der Waals surface area contributed by atoms with Crippen LogP contribution in [0.4, 0.5) is 5.82 Å². The lowest BCUT2D eigenvalue weighted by molar-refractivity contribution is -0.119. The van der Waals surface area contributed by atoms with Crippen molar-refractivity contribution in [3.05, 3.63) is 23.4 Å². The molecule has 0 aromatic carbocycles. The molecule has 6 heteroatoms. The Balaban J connectivity index is 2.38. The maximum atomic E-state index is 11.5. The molecule has 1 aliphatic rings. The third-order valence-corrected chi connectivity index (χ3v) is 3.31. The SMILES string of the molecule is Cc1cc(C(=O)O)cc(N2CCCCC2C(N)=O)n1. The topological polar surface area (TPSA) is 96.5 Å². The van der Waals surface area contributed by atoms with Crippen LogP contribution >= 0.6 is 0 Å². The summed E-state index contributed by atoms with van der Waals surface area (Å²) in [5.41, 5.74) is 6.20. The van der Waals surface area contributed by atoms with E-state index in [1.54, 1.807) is 6.92 Å². The molecule has 2 rings (SSSR count). The van der Waals surface area contributed by atoms with Crippen LogP contribution in [-0.2, 0) is 4.79 Å². The highest BCUT2D eigenvalue weighted by molar-refractivity contribution is 5.89. The number of aromatic carboxylic acids is 1. The molecule has 0 radical (unpaired) electrons. The Morgan fingerprint density at radius 2 is 2.16 bits per heavy atom. The zero-order chi connectivity index (χ0) is 14.0. The van der Waals surface area contributed by atoms with Crippen molar-refractivity contribution in [2.24, 2.45) is 5.73 Å². The summed E-state index contributed by atoms with van der Waals surface area (Å²) >= 11 is 0. The van der Waals surface area contributed by atoms with Gasteiger partial charge in [0.15, 0.2) is 0 Å². The number of nitrogens with zero attached hydrogens (tertiary/aromatic N) is 2. The molecule has 1 aromatic rings. The number of carbonyl (C=O) groups is 2. The molecule has 1 aliphatic heterocycles. The number of carbonyl (C=O) groups excluding carboxylic acids is 1. The standard InChI is InChI=1S/C13H17N3O3/c1-8-6-9(13(18)19)7-11(15-8)16-5-3-2-4-10(16)12(14)17/h6-7,10H,2-5H2,1H3,(H2,14,17)(H,18,19). The third kappa shape index (κ3) is 2.83. The predicted molar refractivity (Wildman–Crippen MR) is 70.1 cm³/mol. The summed E-state index contributed by atoms with van der Waals surface area (Å²) in [7, 11) is 0. The fourth-order valence-corrected chi connectivity index (χ4v) is 2.42. The average Bonchev–Trinajstić information content (AvgIpc) is 2.37. The quantitative estimate of drug-likeness (QED) is 0.845. The molecule has 0 saturated carbocycles. The van der Waals surface area contributed by atoms with E-state index in [0.29, 0.717) is 24.5 Å². The van der Waals surface area contributed by atoms with E-state index in [0.717, 1.165) is 12.8 Å². The third-order valence-electron chi connectivity index (χ3n) is 3.31. The number of piperidine rings is 1. The Bertz CT molecular complexity index is 516. The van der Waals surface area contributed by atoms with E-state index in [9.17, 15) is 9.59 Å². The van der Waals surface area contributed by atoms with E-state index >= 15 is 0 Å².